The summed E-state index contributed by atoms with van der Waals surface area (Å²) in [4.78, 5) is 25.3. The van der Waals surface area contributed by atoms with Crippen LogP contribution in [0.2, 0.25) is 0 Å². The van der Waals surface area contributed by atoms with Gasteiger partial charge in [0.1, 0.15) is 5.75 Å². The molecule has 5 nitrogen and oxygen atoms in total. The van der Waals surface area contributed by atoms with Gasteiger partial charge in [0, 0.05) is 11.1 Å². The van der Waals surface area contributed by atoms with Gasteiger partial charge in [-0.1, -0.05) is 12.1 Å². The molecule has 5 heteroatoms. The lowest BCUT2D eigenvalue weighted by atomic mass is 10.1. The predicted molar refractivity (Wildman–Crippen MR) is 78.8 cm³/mol. The molecule has 1 aromatic rings. The Morgan fingerprint density at radius 2 is 1.90 bits per heavy atom. The summed E-state index contributed by atoms with van der Waals surface area (Å²) in [6, 6.07) is 5.58. The molecule has 1 aliphatic heterocycles. The Morgan fingerprint density at radius 3 is 2.43 bits per heavy atom. The maximum atomic E-state index is 12.3. The van der Waals surface area contributed by atoms with E-state index in [1.807, 2.05) is 25.1 Å². The van der Waals surface area contributed by atoms with Crippen LogP contribution in [0.5, 0.6) is 5.75 Å². The second-order valence-electron chi connectivity index (χ2n) is 5.93. The van der Waals surface area contributed by atoms with Crippen molar-refractivity contribution in [2.24, 2.45) is 0 Å². The first-order chi connectivity index (χ1) is 9.74. The van der Waals surface area contributed by atoms with E-state index >= 15 is 0 Å². The van der Waals surface area contributed by atoms with Gasteiger partial charge in [-0.3, -0.25) is 4.79 Å². The number of methoxy groups -OCH3 is 1. The van der Waals surface area contributed by atoms with Crippen molar-refractivity contribution in [1.82, 2.24) is 4.90 Å². The maximum absolute atomic E-state index is 12.3. The number of carbonyl (C=O) groups is 2. The van der Waals surface area contributed by atoms with Crippen LogP contribution in [0.15, 0.2) is 24.0 Å². The molecular formula is C16H19NO4. The van der Waals surface area contributed by atoms with Crippen LogP contribution in [0.4, 0.5) is 4.79 Å². The SMILES string of the molecule is COc1cc(C)ccc1/C=C1/OC(=O)N(C(C)(C)C)C1=O. The molecule has 21 heavy (non-hydrogen) atoms. The van der Waals surface area contributed by atoms with E-state index < -0.39 is 17.5 Å². The number of ether oxygens (including phenoxy) is 2. The Hall–Kier alpha value is -2.30. The predicted octanol–water partition coefficient (Wildman–Crippen LogP) is 3.12. The molecule has 1 heterocycles. The van der Waals surface area contributed by atoms with Gasteiger partial charge in [-0.25, -0.2) is 9.69 Å². The molecule has 0 unspecified atom stereocenters. The third-order valence-corrected chi connectivity index (χ3v) is 3.14. The average molecular weight is 289 g/mol. The Morgan fingerprint density at radius 1 is 1.24 bits per heavy atom. The van der Waals surface area contributed by atoms with Crippen LogP contribution in [-0.2, 0) is 9.53 Å². The minimum Gasteiger partial charge on any atom is -0.496 e. The minimum atomic E-state index is -0.648. The lowest BCUT2D eigenvalue weighted by molar-refractivity contribution is -0.126. The van der Waals surface area contributed by atoms with E-state index in [0.717, 1.165) is 10.5 Å². The molecule has 1 saturated heterocycles. The molecule has 0 N–H and O–H groups in total. The van der Waals surface area contributed by atoms with E-state index in [-0.39, 0.29) is 5.76 Å². The molecule has 0 aromatic heterocycles. The molecule has 2 rings (SSSR count). The van der Waals surface area contributed by atoms with Crippen molar-refractivity contribution in [3.8, 4) is 5.75 Å². The molecule has 0 atom stereocenters. The fourth-order valence-corrected chi connectivity index (χ4v) is 2.13. The van der Waals surface area contributed by atoms with Gasteiger partial charge in [-0.15, -0.1) is 0 Å². The monoisotopic (exact) mass is 289 g/mol. The summed E-state index contributed by atoms with van der Waals surface area (Å²) in [5.41, 5.74) is 1.11. The van der Waals surface area contributed by atoms with E-state index in [1.54, 1.807) is 27.9 Å². The number of rotatable bonds is 2. The summed E-state index contributed by atoms with van der Waals surface area (Å²) in [6.45, 7) is 7.28. The van der Waals surface area contributed by atoms with Gasteiger partial charge in [0.05, 0.1) is 7.11 Å². The highest BCUT2D eigenvalue weighted by atomic mass is 16.6. The lowest BCUT2D eigenvalue weighted by Gasteiger charge is -2.26. The van der Waals surface area contributed by atoms with E-state index in [1.165, 1.54) is 6.08 Å². The smallest absolute Gasteiger partial charge is 0.423 e. The van der Waals surface area contributed by atoms with Gasteiger partial charge in [-0.2, -0.15) is 0 Å². The van der Waals surface area contributed by atoms with Crippen LogP contribution >= 0.6 is 0 Å². The molecule has 1 fully saturated rings. The molecule has 112 valence electrons. The Balaban J connectivity index is 2.40. The molecule has 1 aliphatic rings. The third kappa shape index (κ3) is 2.91. The van der Waals surface area contributed by atoms with Gasteiger partial charge < -0.3 is 9.47 Å². The zero-order valence-corrected chi connectivity index (χ0v) is 12.9. The van der Waals surface area contributed by atoms with Crippen LogP contribution in [-0.4, -0.2) is 29.5 Å². The molecule has 0 aliphatic carbocycles. The Labute approximate surface area is 124 Å². The largest absolute Gasteiger partial charge is 0.496 e. The van der Waals surface area contributed by atoms with Crippen molar-refractivity contribution in [3.63, 3.8) is 0 Å². The highest BCUT2D eigenvalue weighted by Crippen LogP contribution is 2.29. The fraction of sp³-hybridized carbons (Fsp3) is 0.375. The zero-order valence-electron chi connectivity index (χ0n) is 12.9. The van der Waals surface area contributed by atoms with Crippen molar-refractivity contribution < 1.29 is 19.1 Å². The number of imide groups is 1. The van der Waals surface area contributed by atoms with Gasteiger partial charge in [0.2, 0.25) is 0 Å². The number of hydrogen-bond donors (Lipinski definition) is 0. The van der Waals surface area contributed by atoms with Gasteiger partial charge in [-0.05, 0) is 45.4 Å². The average Bonchev–Trinajstić information content (AvgIpc) is 2.66. The van der Waals surface area contributed by atoms with Crippen molar-refractivity contribution in [2.75, 3.05) is 7.11 Å². The quantitative estimate of drug-likeness (QED) is 0.785. The number of aryl methyl sites for hydroxylation is 1. The van der Waals surface area contributed by atoms with E-state index in [4.69, 9.17) is 9.47 Å². The standard InChI is InChI=1S/C16H19NO4/c1-10-6-7-11(12(8-10)20-5)9-13-14(18)17(15(19)21-13)16(2,3)4/h6-9H,1-5H3/b13-9+. The van der Waals surface area contributed by atoms with Gasteiger partial charge >= 0.3 is 6.09 Å². The number of benzene rings is 1. The van der Waals surface area contributed by atoms with Crippen molar-refractivity contribution in [1.29, 1.82) is 0 Å². The molecule has 2 amide bonds. The zero-order chi connectivity index (χ0) is 15.8. The first-order valence-electron chi connectivity index (χ1n) is 6.67. The summed E-state index contributed by atoms with van der Waals surface area (Å²) in [6.07, 6.45) is 0.884. The van der Waals surface area contributed by atoms with Crippen LogP contribution in [0.1, 0.15) is 31.9 Å². The third-order valence-electron chi connectivity index (χ3n) is 3.14. The molecule has 0 saturated carbocycles. The van der Waals surface area contributed by atoms with Gasteiger partial charge in [0.15, 0.2) is 5.76 Å². The highest BCUT2D eigenvalue weighted by molar-refractivity contribution is 6.10. The van der Waals surface area contributed by atoms with E-state index in [9.17, 15) is 9.59 Å². The number of hydrogen-bond acceptors (Lipinski definition) is 4. The van der Waals surface area contributed by atoms with Crippen LogP contribution < -0.4 is 4.74 Å². The van der Waals surface area contributed by atoms with E-state index in [2.05, 4.69) is 0 Å². The first-order valence-corrected chi connectivity index (χ1v) is 6.67. The minimum absolute atomic E-state index is 0.0112. The van der Waals surface area contributed by atoms with Crippen molar-refractivity contribution in [3.05, 3.63) is 35.1 Å². The summed E-state index contributed by atoms with van der Waals surface area (Å²) in [5, 5.41) is 0. The van der Waals surface area contributed by atoms with E-state index in [0.29, 0.717) is 11.3 Å². The molecule has 0 radical (unpaired) electrons. The molecule has 0 bridgehead atoms. The van der Waals surface area contributed by atoms with Crippen LogP contribution in [0, 0.1) is 6.92 Å². The summed E-state index contributed by atoms with van der Waals surface area (Å²) in [7, 11) is 1.56. The lowest BCUT2D eigenvalue weighted by Crippen LogP contribution is -2.44. The highest BCUT2D eigenvalue weighted by Gasteiger charge is 2.43. The summed E-state index contributed by atoms with van der Waals surface area (Å²) < 4.78 is 10.4. The number of nitrogens with zero attached hydrogens (tertiary/aromatic N) is 1. The Kier molecular flexibility index (Phi) is 3.77. The first kappa shape index (κ1) is 15.1. The number of cyclic esters (lactones) is 1. The van der Waals surface area contributed by atoms with Crippen LogP contribution in [0.3, 0.4) is 0 Å². The number of amides is 2. The number of carbonyl (C=O) groups excluding carboxylic acids is 2. The maximum Gasteiger partial charge on any atom is 0.423 e. The van der Waals surface area contributed by atoms with Crippen molar-refractivity contribution >= 4 is 18.1 Å². The topological polar surface area (TPSA) is 55.8 Å². The fourth-order valence-electron chi connectivity index (χ4n) is 2.13. The summed E-state index contributed by atoms with van der Waals surface area (Å²) in [5.74, 6) is 0.202. The normalized spacial score (nSPS) is 17.4. The second kappa shape index (κ2) is 5.24. The molecule has 1 aromatic carbocycles. The Bertz CT molecular complexity index is 626. The molecular weight excluding hydrogens is 270 g/mol. The second-order valence-corrected chi connectivity index (χ2v) is 5.93. The van der Waals surface area contributed by atoms with Gasteiger partial charge in [0.25, 0.3) is 5.91 Å². The summed E-state index contributed by atoms with van der Waals surface area (Å²) >= 11 is 0. The molecule has 0 spiro atoms. The van der Waals surface area contributed by atoms with Crippen LogP contribution in [0.25, 0.3) is 6.08 Å². The van der Waals surface area contributed by atoms with Crippen molar-refractivity contribution in [2.45, 2.75) is 33.2 Å².